The van der Waals surface area contributed by atoms with Gasteiger partial charge < -0.3 is 5.32 Å². The lowest BCUT2D eigenvalue weighted by Gasteiger charge is -2.21. The summed E-state index contributed by atoms with van der Waals surface area (Å²) in [6.07, 6.45) is -4.65. The van der Waals surface area contributed by atoms with E-state index in [1.54, 1.807) is 31.2 Å². The molecule has 1 N–H and O–H groups in total. The van der Waals surface area contributed by atoms with Crippen LogP contribution < -0.4 is 9.62 Å². The molecule has 5 nitrogen and oxygen atoms in total. The Morgan fingerprint density at radius 1 is 0.935 bits per heavy atom. The second-order valence-corrected chi connectivity index (χ2v) is 8.75. The third-order valence-electron chi connectivity index (χ3n) is 4.69. The van der Waals surface area contributed by atoms with Crippen LogP contribution in [-0.4, -0.2) is 21.4 Å². The number of nitrogens with one attached hydrogen (secondary N) is 1. The molecule has 0 spiro atoms. The van der Waals surface area contributed by atoms with E-state index in [-0.39, 0.29) is 10.5 Å². The Labute approximate surface area is 178 Å². The second kappa shape index (κ2) is 8.43. The van der Waals surface area contributed by atoms with Crippen molar-refractivity contribution in [3.63, 3.8) is 0 Å². The number of hydrogen-bond donors (Lipinski definition) is 1. The standard InChI is InChI=1S/C22H19F3N2O3S/c1-15-8-3-6-13-20(15)27(2)31(29,30)17-10-7-9-16(14-17)21(28)26-19-12-5-4-11-18(19)22(23,24)25/h3-14H,1-2H3,(H,26,28). The van der Waals surface area contributed by atoms with E-state index in [0.717, 1.165) is 28.1 Å². The van der Waals surface area contributed by atoms with Crippen molar-refractivity contribution < 1.29 is 26.4 Å². The molecule has 0 saturated carbocycles. The number of alkyl halides is 3. The minimum atomic E-state index is -4.65. The summed E-state index contributed by atoms with van der Waals surface area (Å²) in [6.45, 7) is 1.77. The van der Waals surface area contributed by atoms with Crippen molar-refractivity contribution in [2.75, 3.05) is 16.7 Å². The Hall–Kier alpha value is -3.33. The normalized spacial score (nSPS) is 11.8. The summed E-state index contributed by atoms with van der Waals surface area (Å²) < 4.78 is 66.7. The molecule has 0 aliphatic rings. The van der Waals surface area contributed by atoms with Gasteiger partial charge in [-0.15, -0.1) is 0 Å². The van der Waals surface area contributed by atoms with E-state index in [4.69, 9.17) is 0 Å². The van der Waals surface area contributed by atoms with Gasteiger partial charge in [0.2, 0.25) is 0 Å². The summed E-state index contributed by atoms with van der Waals surface area (Å²) >= 11 is 0. The predicted molar refractivity (Wildman–Crippen MR) is 113 cm³/mol. The van der Waals surface area contributed by atoms with Crippen LogP contribution in [0.4, 0.5) is 24.5 Å². The lowest BCUT2D eigenvalue weighted by Crippen LogP contribution is -2.27. The fraction of sp³-hybridized carbons (Fsp3) is 0.136. The molecule has 0 bridgehead atoms. The van der Waals surface area contributed by atoms with Crippen molar-refractivity contribution in [2.45, 2.75) is 18.0 Å². The summed E-state index contributed by atoms with van der Waals surface area (Å²) in [6, 6.07) is 16.6. The molecular weight excluding hydrogens is 429 g/mol. The first kappa shape index (κ1) is 22.4. The highest BCUT2D eigenvalue weighted by Crippen LogP contribution is 2.34. The SMILES string of the molecule is Cc1ccccc1N(C)S(=O)(=O)c1cccc(C(=O)Nc2ccccc2C(F)(F)F)c1. The largest absolute Gasteiger partial charge is 0.418 e. The molecule has 0 saturated heterocycles. The minimum absolute atomic E-state index is 0.0868. The maximum absolute atomic E-state index is 13.2. The third kappa shape index (κ3) is 4.72. The van der Waals surface area contributed by atoms with E-state index in [0.29, 0.717) is 5.69 Å². The van der Waals surface area contributed by atoms with Crippen LogP contribution in [-0.2, 0) is 16.2 Å². The molecule has 1 amide bonds. The molecule has 3 aromatic rings. The first-order valence-corrected chi connectivity index (χ1v) is 10.6. The molecule has 0 unspecified atom stereocenters. The zero-order chi connectivity index (χ0) is 22.8. The van der Waals surface area contributed by atoms with Gasteiger partial charge in [-0.25, -0.2) is 8.42 Å². The highest BCUT2D eigenvalue weighted by Gasteiger charge is 2.33. The van der Waals surface area contributed by atoms with Gasteiger partial charge in [-0.2, -0.15) is 13.2 Å². The number of carbonyl (C=O) groups excluding carboxylic acids is 1. The number of nitrogens with zero attached hydrogens (tertiary/aromatic N) is 1. The number of amides is 1. The molecule has 0 aliphatic heterocycles. The molecule has 3 rings (SSSR count). The van der Waals surface area contributed by atoms with Crippen LogP contribution in [0.3, 0.4) is 0 Å². The van der Waals surface area contributed by atoms with Gasteiger partial charge in [0.1, 0.15) is 0 Å². The topological polar surface area (TPSA) is 66.5 Å². The highest BCUT2D eigenvalue weighted by atomic mass is 32.2. The van der Waals surface area contributed by atoms with E-state index < -0.39 is 33.4 Å². The van der Waals surface area contributed by atoms with E-state index >= 15 is 0 Å². The number of halogens is 3. The summed E-state index contributed by atoms with van der Waals surface area (Å²) in [5.41, 5.74) is -0.282. The number of benzene rings is 3. The van der Waals surface area contributed by atoms with Gasteiger partial charge in [-0.05, 0) is 48.9 Å². The molecule has 0 heterocycles. The first-order valence-electron chi connectivity index (χ1n) is 9.14. The second-order valence-electron chi connectivity index (χ2n) is 6.78. The fourth-order valence-electron chi connectivity index (χ4n) is 3.04. The van der Waals surface area contributed by atoms with Crippen LogP contribution >= 0.6 is 0 Å². The van der Waals surface area contributed by atoms with Gasteiger partial charge in [-0.1, -0.05) is 36.4 Å². The molecular formula is C22H19F3N2O3S. The van der Waals surface area contributed by atoms with Crippen LogP contribution in [0.25, 0.3) is 0 Å². The van der Waals surface area contributed by atoms with E-state index in [9.17, 15) is 26.4 Å². The van der Waals surface area contributed by atoms with Gasteiger partial charge >= 0.3 is 6.18 Å². The Kier molecular flexibility index (Phi) is 6.08. The number of rotatable bonds is 5. The first-order chi connectivity index (χ1) is 14.5. The molecule has 0 atom stereocenters. The minimum Gasteiger partial charge on any atom is -0.321 e. The van der Waals surface area contributed by atoms with Gasteiger partial charge in [0.25, 0.3) is 15.9 Å². The number of carbonyl (C=O) groups is 1. The van der Waals surface area contributed by atoms with Gasteiger partial charge in [0, 0.05) is 12.6 Å². The zero-order valence-electron chi connectivity index (χ0n) is 16.6. The van der Waals surface area contributed by atoms with Crippen LogP contribution in [0.1, 0.15) is 21.5 Å². The molecule has 0 aliphatic carbocycles. The Morgan fingerprint density at radius 2 is 1.58 bits per heavy atom. The molecule has 0 radical (unpaired) electrons. The van der Waals surface area contributed by atoms with Crippen molar-refractivity contribution in [3.8, 4) is 0 Å². The van der Waals surface area contributed by atoms with Crippen LogP contribution in [0, 0.1) is 6.92 Å². The van der Waals surface area contributed by atoms with Crippen LogP contribution in [0.5, 0.6) is 0 Å². The summed E-state index contributed by atoms with van der Waals surface area (Å²) in [7, 11) is -2.61. The van der Waals surface area contributed by atoms with Gasteiger partial charge in [-0.3, -0.25) is 9.10 Å². The summed E-state index contributed by atoms with van der Waals surface area (Å²) in [4.78, 5) is 12.4. The van der Waals surface area contributed by atoms with Crippen molar-refractivity contribution in [1.29, 1.82) is 0 Å². The van der Waals surface area contributed by atoms with Crippen molar-refractivity contribution in [1.82, 2.24) is 0 Å². The number of anilines is 2. The van der Waals surface area contributed by atoms with Crippen molar-refractivity contribution >= 4 is 27.3 Å². The molecule has 0 aromatic heterocycles. The average molecular weight is 448 g/mol. The fourth-order valence-corrected chi connectivity index (χ4v) is 4.34. The predicted octanol–water partition coefficient (Wildman–Crippen LogP) is 5.09. The van der Waals surface area contributed by atoms with Crippen molar-refractivity contribution in [2.24, 2.45) is 0 Å². The monoisotopic (exact) mass is 448 g/mol. The quantitative estimate of drug-likeness (QED) is 0.591. The smallest absolute Gasteiger partial charge is 0.321 e. The summed E-state index contributed by atoms with van der Waals surface area (Å²) in [5.74, 6) is -0.854. The highest BCUT2D eigenvalue weighted by molar-refractivity contribution is 7.92. The van der Waals surface area contributed by atoms with Crippen molar-refractivity contribution in [3.05, 3.63) is 89.5 Å². The van der Waals surface area contributed by atoms with Crippen LogP contribution in [0.15, 0.2) is 77.7 Å². The average Bonchev–Trinajstić information content (AvgIpc) is 2.73. The molecule has 9 heteroatoms. The lowest BCUT2D eigenvalue weighted by molar-refractivity contribution is -0.136. The maximum Gasteiger partial charge on any atom is 0.418 e. The number of aryl methyl sites for hydroxylation is 1. The Balaban J connectivity index is 1.92. The van der Waals surface area contributed by atoms with E-state index in [1.165, 1.54) is 37.4 Å². The lowest BCUT2D eigenvalue weighted by atomic mass is 10.1. The number of para-hydroxylation sites is 2. The number of sulfonamides is 1. The van der Waals surface area contributed by atoms with Crippen LogP contribution in [0.2, 0.25) is 0 Å². The van der Waals surface area contributed by atoms with Gasteiger partial charge in [0.05, 0.1) is 21.8 Å². The Morgan fingerprint density at radius 3 is 2.26 bits per heavy atom. The number of hydrogen-bond acceptors (Lipinski definition) is 3. The van der Waals surface area contributed by atoms with Gasteiger partial charge in [0.15, 0.2) is 0 Å². The van der Waals surface area contributed by atoms with E-state index in [2.05, 4.69) is 5.32 Å². The molecule has 162 valence electrons. The zero-order valence-corrected chi connectivity index (χ0v) is 17.5. The maximum atomic E-state index is 13.2. The molecule has 3 aromatic carbocycles. The summed E-state index contributed by atoms with van der Waals surface area (Å²) in [5, 5.41) is 2.21. The Bertz CT molecular complexity index is 1220. The molecule has 0 fully saturated rings. The third-order valence-corrected chi connectivity index (χ3v) is 6.46. The molecule has 31 heavy (non-hydrogen) atoms. The van der Waals surface area contributed by atoms with E-state index in [1.807, 2.05) is 0 Å².